The lowest BCUT2D eigenvalue weighted by atomic mass is 10.2. The monoisotopic (exact) mass is 250 g/mol. The fraction of sp³-hybridized carbons (Fsp3) is 0.429. The summed E-state index contributed by atoms with van der Waals surface area (Å²) in [4.78, 5) is 22.8. The lowest BCUT2D eigenvalue weighted by molar-refractivity contribution is -0.134. The second kappa shape index (κ2) is 6.79. The highest BCUT2D eigenvalue weighted by atomic mass is 16.5. The Labute approximate surface area is 107 Å². The molecule has 0 saturated heterocycles. The highest BCUT2D eigenvalue weighted by molar-refractivity contribution is 5.89. The molecule has 0 aliphatic carbocycles. The summed E-state index contributed by atoms with van der Waals surface area (Å²) in [6, 6.07) is 6.34. The van der Waals surface area contributed by atoms with Crippen LogP contribution in [0.15, 0.2) is 24.3 Å². The zero-order valence-electron chi connectivity index (χ0n) is 10.9. The van der Waals surface area contributed by atoms with E-state index in [2.05, 4.69) is 0 Å². The fourth-order valence-corrected chi connectivity index (χ4v) is 1.33. The van der Waals surface area contributed by atoms with Gasteiger partial charge in [-0.25, -0.2) is 4.79 Å². The summed E-state index contributed by atoms with van der Waals surface area (Å²) in [5.41, 5.74) is 0.444. The van der Waals surface area contributed by atoms with E-state index in [0.29, 0.717) is 17.7 Å². The van der Waals surface area contributed by atoms with Gasteiger partial charge in [-0.05, 0) is 44.5 Å². The summed E-state index contributed by atoms with van der Waals surface area (Å²) in [6.07, 6.45) is 0.981. The van der Waals surface area contributed by atoms with E-state index in [9.17, 15) is 9.59 Å². The highest BCUT2D eigenvalue weighted by Crippen LogP contribution is 2.14. The van der Waals surface area contributed by atoms with Gasteiger partial charge in [0.05, 0.1) is 11.7 Å². The summed E-state index contributed by atoms with van der Waals surface area (Å²) >= 11 is 0. The molecule has 4 heteroatoms. The number of hydrogen-bond acceptors (Lipinski definition) is 4. The van der Waals surface area contributed by atoms with Crippen LogP contribution in [0.5, 0.6) is 5.75 Å². The smallest absolute Gasteiger partial charge is 0.338 e. The molecule has 0 atom stereocenters. The summed E-state index contributed by atoms with van der Waals surface area (Å²) in [7, 11) is 0. The third kappa shape index (κ3) is 4.57. The first-order valence-corrected chi connectivity index (χ1v) is 6.04. The number of carbonyl (C=O) groups is 2. The Morgan fingerprint density at radius 3 is 2.28 bits per heavy atom. The molecule has 0 N–H and O–H groups in total. The van der Waals surface area contributed by atoms with Crippen LogP contribution in [0, 0.1) is 0 Å². The summed E-state index contributed by atoms with van der Waals surface area (Å²) in [6.45, 7) is 5.49. The van der Waals surface area contributed by atoms with Crippen molar-refractivity contribution in [3.8, 4) is 5.75 Å². The van der Waals surface area contributed by atoms with Gasteiger partial charge in [0.2, 0.25) is 0 Å². The molecular formula is C14H18O4. The maximum Gasteiger partial charge on any atom is 0.338 e. The Bertz CT molecular complexity index is 406. The van der Waals surface area contributed by atoms with Crippen molar-refractivity contribution in [2.45, 2.75) is 39.7 Å². The normalized spacial score (nSPS) is 10.2. The molecule has 4 nitrogen and oxygen atoms in total. The zero-order chi connectivity index (χ0) is 13.5. The third-order valence-electron chi connectivity index (χ3n) is 2.12. The van der Waals surface area contributed by atoms with Crippen molar-refractivity contribution in [2.75, 3.05) is 0 Å². The molecule has 0 aliphatic heterocycles. The fourth-order valence-electron chi connectivity index (χ4n) is 1.33. The second-order valence-corrected chi connectivity index (χ2v) is 4.20. The Kier molecular flexibility index (Phi) is 5.36. The molecule has 0 aliphatic rings. The molecule has 18 heavy (non-hydrogen) atoms. The van der Waals surface area contributed by atoms with E-state index < -0.39 is 0 Å². The van der Waals surface area contributed by atoms with Crippen LogP contribution in [0.3, 0.4) is 0 Å². The van der Waals surface area contributed by atoms with Gasteiger partial charge in [0.1, 0.15) is 5.75 Å². The minimum Gasteiger partial charge on any atom is -0.459 e. The number of ether oxygens (including phenoxy) is 2. The van der Waals surface area contributed by atoms with Gasteiger partial charge in [0.25, 0.3) is 0 Å². The molecule has 1 aromatic rings. The summed E-state index contributed by atoms with van der Waals surface area (Å²) in [5, 5.41) is 0. The van der Waals surface area contributed by atoms with Gasteiger partial charge in [0.15, 0.2) is 0 Å². The van der Waals surface area contributed by atoms with E-state index in [0.717, 1.165) is 6.42 Å². The first kappa shape index (κ1) is 14.2. The van der Waals surface area contributed by atoms with Crippen LogP contribution in [-0.4, -0.2) is 18.0 Å². The molecule has 0 amide bonds. The standard InChI is InChI=1S/C14H18O4/c1-4-5-13(15)18-12-8-6-11(7-9-12)14(16)17-10(2)3/h6-10H,4-5H2,1-3H3. The van der Waals surface area contributed by atoms with E-state index in [-0.39, 0.29) is 18.0 Å². The molecule has 0 bridgehead atoms. The Hall–Kier alpha value is -1.84. The molecule has 0 aromatic heterocycles. The van der Waals surface area contributed by atoms with Crippen LogP contribution in [0.1, 0.15) is 44.0 Å². The Morgan fingerprint density at radius 2 is 1.78 bits per heavy atom. The molecule has 0 heterocycles. The van der Waals surface area contributed by atoms with Gasteiger partial charge in [-0.2, -0.15) is 0 Å². The minimum absolute atomic E-state index is 0.153. The van der Waals surface area contributed by atoms with Crippen molar-refractivity contribution in [3.05, 3.63) is 29.8 Å². The van der Waals surface area contributed by atoms with Crippen molar-refractivity contribution in [1.29, 1.82) is 0 Å². The molecule has 0 spiro atoms. The molecule has 1 aromatic carbocycles. The van der Waals surface area contributed by atoms with Crippen LogP contribution in [0.25, 0.3) is 0 Å². The minimum atomic E-state index is -0.378. The first-order valence-electron chi connectivity index (χ1n) is 6.04. The largest absolute Gasteiger partial charge is 0.459 e. The number of carbonyl (C=O) groups excluding carboxylic acids is 2. The third-order valence-corrected chi connectivity index (χ3v) is 2.12. The Morgan fingerprint density at radius 1 is 1.17 bits per heavy atom. The predicted molar refractivity (Wildman–Crippen MR) is 67.5 cm³/mol. The van der Waals surface area contributed by atoms with E-state index >= 15 is 0 Å². The van der Waals surface area contributed by atoms with E-state index in [4.69, 9.17) is 9.47 Å². The van der Waals surface area contributed by atoms with Crippen molar-refractivity contribution < 1.29 is 19.1 Å². The Balaban J connectivity index is 2.62. The van der Waals surface area contributed by atoms with Crippen LogP contribution in [0.4, 0.5) is 0 Å². The maximum absolute atomic E-state index is 11.6. The van der Waals surface area contributed by atoms with Crippen LogP contribution < -0.4 is 4.74 Å². The van der Waals surface area contributed by atoms with Gasteiger partial charge in [-0.3, -0.25) is 4.79 Å². The van der Waals surface area contributed by atoms with Crippen LogP contribution >= 0.6 is 0 Å². The van der Waals surface area contributed by atoms with Crippen LogP contribution in [-0.2, 0) is 9.53 Å². The lowest BCUT2D eigenvalue weighted by Gasteiger charge is -2.08. The van der Waals surface area contributed by atoms with Gasteiger partial charge < -0.3 is 9.47 Å². The molecule has 0 fully saturated rings. The first-order chi connectivity index (χ1) is 8.52. The number of esters is 2. The van der Waals surface area contributed by atoms with E-state index in [1.165, 1.54) is 0 Å². The van der Waals surface area contributed by atoms with Crippen molar-refractivity contribution in [2.24, 2.45) is 0 Å². The lowest BCUT2D eigenvalue weighted by Crippen LogP contribution is -2.11. The van der Waals surface area contributed by atoms with Crippen molar-refractivity contribution >= 4 is 11.9 Å². The van der Waals surface area contributed by atoms with E-state index in [1.54, 1.807) is 38.1 Å². The molecule has 0 radical (unpaired) electrons. The van der Waals surface area contributed by atoms with Crippen molar-refractivity contribution in [1.82, 2.24) is 0 Å². The molecule has 0 saturated carbocycles. The number of rotatable bonds is 5. The molecule has 0 unspecified atom stereocenters. The zero-order valence-corrected chi connectivity index (χ0v) is 10.9. The quantitative estimate of drug-likeness (QED) is 0.595. The van der Waals surface area contributed by atoms with Gasteiger partial charge >= 0.3 is 11.9 Å². The SMILES string of the molecule is CCCC(=O)Oc1ccc(C(=O)OC(C)C)cc1. The maximum atomic E-state index is 11.6. The number of hydrogen-bond donors (Lipinski definition) is 0. The second-order valence-electron chi connectivity index (χ2n) is 4.20. The van der Waals surface area contributed by atoms with E-state index in [1.807, 2.05) is 6.92 Å². The average molecular weight is 250 g/mol. The van der Waals surface area contributed by atoms with Gasteiger partial charge in [-0.15, -0.1) is 0 Å². The van der Waals surface area contributed by atoms with Gasteiger partial charge in [0, 0.05) is 6.42 Å². The predicted octanol–water partition coefficient (Wildman–Crippen LogP) is 2.96. The number of benzene rings is 1. The summed E-state index contributed by atoms with van der Waals surface area (Å²) in [5.74, 6) is -0.207. The van der Waals surface area contributed by atoms with Gasteiger partial charge in [-0.1, -0.05) is 6.92 Å². The van der Waals surface area contributed by atoms with Crippen LogP contribution in [0.2, 0.25) is 0 Å². The topological polar surface area (TPSA) is 52.6 Å². The molecular weight excluding hydrogens is 232 g/mol. The summed E-state index contributed by atoms with van der Waals surface area (Å²) < 4.78 is 10.1. The average Bonchev–Trinajstić information content (AvgIpc) is 2.29. The molecule has 1 rings (SSSR count). The molecule has 98 valence electrons. The highest BCUT2D eigenvalue weighted by Gasteiger charge is 2.09. The van der Waals surface area contributed by atoms with Crippen molar-refractivity contribution in [3.63, 3.8) is 0 Å².